The summed E-state index contributed by atoms with van der Waals surface area (Å²) in [7, 11) is 0. The average Bonchev–Trinajstić information content (AvgIpc) is 2.28. The Hall–Kier alpha value is -1.40. The van der Waals surface area contributed by atoms with Crippen LogP contribution in [0.4, 0.5) is 4.39 Å². The summed E-state index contributed by atoms with van der Waals surface area (Å²) in [5.41, 5.74) is 0.700. The van der Waals surface area contributed by atoms with Gasteiger partial charge in [-0.2, -0.15) is 5.26 Å². The molecule has 0 amide bonds. The zero-order valence-corrected chi connectivity index (χ0v) is 10.5. The summed E-state index contributed by atoms with van der Waals surface area (Å²) >= 11 is 0. The first-order valence-electron chi connectivity index (χ1n) is 5.96. The summed E-state index contributed by atoms with van der Waals surface area (Å²) in [6.07, 6.45) is 0.487. The molecule has 0 aliphatic heterocycles. The van der Waals surface area contributed by atoms with Crippen molar-refractivity contribution in [2.75, 3.05) is 13.1 Å². The van der Waals surface area contributed by atoms with Crippen LogP contribution >= 0.6 is 0 Å². The third kappa shape index (κ3) is 4.97. The highest BCUT2D eigenvalue weighted by atomic mass is 19.1. The Morgan fingerprint density at radius 3 is 2.65 bits per heavy atom. The van der Waals surface area contributed by atoms with Crippen LogP contribution in [0.25, 0.3) is 0 Å². The second-order valence-electron chi connectivity index (χ2n) is 4.63. The zero-order valence-electron chi connectivity index (χ0n) is 10.5. The number of hydrogen-bond acceptors (Lipinski definition) is 2. The van der Waals surface area contributed by atoms with Crippen LogP contribution in [-0.4, -0.2) is 18.0 Å². The lowest BCUT2D eigenvalue weighted by Gasteiger charge is -2.23. The van der Waals surface area contributed by atoms with E-state index in [1.54, 1.807) is 12.1 Å². The summed E-state index contributed by atoms with van der Waals surface area (Å²) in [4.78, 5) is 2.13. The Labute approximate surface area is 103 Å². The Kier molecular flexibility index (Phi) is 5.65. The van der Waals surface area contributed by atoms with Crippen molar-refractivity contribution in [3.8, 4) is 6.07 Å². The van der Waals surface area contributed by atoms with Crippen molar-refractivity contribution in [1.29, 1.82) is 5.26 Å². The molecule has 0 saturated heterocycles. The minimum Gasteiger partial charge on any atom is -0.298 e. The molecule has 0 bridgehead atoms. The van der Waals surface area contributed by atoms with E-state index < -0.39 is 0 Å². The molecule has 0 radical (unpaired) electrons. The number of nitrogens with zero attached hydrogens (tertiary/aromatic N) is 2. The third-order valence-corrected chi connectivity index (χ3v) is 2.51. The van der Waals surface area contributed by atoms with E-state index in [1.807, 2.05) is 6.07 Å². The fourth-order valence-electron chi connectivity index (χ4n) is 1.83. The summed E-state index contributed by atoms with van der Waals surface area (Å²) in [5, 5.41) is 8.62. The molecule has 1 rings (SSSR count). The molecule has 1 aromatic rings. The van der Waals surface area contributed by atoms with Gasteiger partial charge >= 0.3 is 0 Å². The molecule has 92 valence electrons. The molecule has 0 spiro atoms. The SMILES string of the molecule is CC(C)CN(CCC#N)Cc1ccccc1F. The second kappa shape index (κ2) is 7.03. The van der Waals surface area contributed by atoms with E-state index >= 15 is 0 Å². The molecule has 0 N–H and O–H groups in total. The van der Waals surface area contributed by atoms with Gasteiger partial charge in [0.05, 0.1) is 6.07 Å². The summed E-state index contributed by atoms with van der Waals surface area (Å²) < 4.78 is 13.5. The van der Waals surface area contributed by atoms with E-state index in [0.29, 0.717) is 31.0 Å². The van der Waals surface area contributed by atoms with Gasteiger partial charge in [0.2, 0.25) is 0 Å². The van der Waals surface area contributed by atoms with Crippen LogP contribution < -0.4 is 0 Å². The molecule has 0 aromatic heterocycles. The van der Waals surface area contributed by atoms with Crippen LogP contribution in [0.15, 0.2) is 24.3 Å². The standard InChI is InChI=1S/C14H19FN2/c1-12(2)10-17(9-5-8-16)11-13-6-3-4-7-14(13)15/h3-4,6-7,12H,5,9-11H2,1-2H3. The van der Waals surface area contributed by atoms with E-state index in [-0.39, 0.29) is 5.82 Å². The molecule has 0 saturated carbocycles. The number of hydrogen-bond donors (Lipinski definition) is 0. The van der Waals surface area contributed by atoms with Crippen LogP contribution in [-0.2, 0) is 6.54 Å². The number of nitriles is 1. The van der Waals surface area contributed by atoms with Crippen molar-refractivity contribution in [3.05, 3.63) is 35.6 Å². The van der Waals surface area contributed by atoms with Crippen molar-refractivity contribution in [2.45, 2.75) is 26.8 Å². The lowest BCUT2D eigenvalue weighted by Crippen LogP contribution is -2.28. The van der Waals surface area contributed by atoms with Crippen LogP contribution in [0.1, 0.15) is 25.8 Å². The molecule has 3 heteroatoms. The Morgan fingerprint density at radius 1 is 1.35 bits per heavy atom. The van der Waals surface area contributed by atoms with Gasteiger partial charge in [-0.15, -0.1) is 0 Å². The largest absolute Gasteiger partial charge is 0.298 e. The molecular weight excluding hydrogens is 215 g/mol. The van der Waals surface area contributed by atoms with E-state index in [1.165, 1.54) is 6.07 Å². The fourth-order valence-corrected chi connectivity index (χ4v) is 1.83. The molecule has 2 nitrogen and oxygen atoms in total. The maximum Gasteiger partial charge on any atom is 0.127 e. The highest BCUT2D eigenvalue weighted by Gasteiger charge is 2.10. The van der Waals surface area contributed by atoms with E-state index in [9.17, 15) is 4.39 Å². The quantitative estimate of drug-likeness (QED) is 0.755. The highest BCUT2D eigenvalue weighted by molar-refractivity contribution is 5.17. The first kappa shape index (κ1) is 13.7. The molecule has 0 aliphatic rings. The number of rotatable bonds is 6. The Morgan fingerprint density at radius 2 is 2.06 bits per heavy atom. The van der Waals surface area contributed by atoms with E-state index in [4.69, 9.17) is 5.26 Å². The number of halogens is 1. The highest BCUT2D eigenvalue weighted by Crippen LogP contribution is 2.11. The van der Waals surface area contributed by atoms with Gasteiger partial charge in [0.15, 0.2) is 0 Å². The predicted molar refractivity (Wildman–Crippen MR) is 66.7 cm³/mol. The smallest absolute Gasteiger partial charge is 0.127 e. The minimum absolute atomic E-state index is 0.168. The van der Waals surface area contributed by atoms with Gasteiger partial charge in [0, 0.05) is 31.6 Å². The van der Waals surface area contributed by atoms with Gasteiger partial charge in [-0.1, -0.05) is 32.0 Å². The van der Waals surface area contributed by atoms with Crippen molar-refractivity contribution in [3.63, 3.8) is 0 Å². The van der Waals surface area contributed by atoms with Gasteiger partial charge in [0.25, 0.3) is 0 Å². The summed E-state index contributed by atoms with van der Waals surface area (Å²) in [5.74, 6) is 0.346. The molecule has 0 unspecified atom stereocenters. The molecule has 1 aromatic carbocycles. The van der Waals surface area contributed by atoms with Crippen LogP contribution in [0.2, 0.25) is 0 Å². The van der Waals surface area contributed by atoms with Gasteiger partial charge in [-0.25, -0.2) is 4.39 Å². The van der Waals surface area contributed by atoms with Crippen molar-refractivity contribution >= 4 is 0 Å². The molecule has 0 heterocycles. The molecule has 17 heavy (non-hydrogen) atoms. The minimum atomic E-state index is -0.168. The maximum absolute atomic E-state index is 13.5. The monoisotopic (exact) mass is 234 g/mol. The normalized spacial score (nSPS) is 10.8. The van der Waals surface area contributed by atoms with Gasteiger partial charge in [0.1, 0.15) is 5.82 Å². The van der Waals surface area contributed by atoms with Gasteiger partial charge in [-0.05, 0) is 12.0 Å². The van der Waals surface area contributed by atoms with Gasteiger partial charge in [-0.3, -0.25) is 4.90 Å². The number of benzene rings is 1. The van der Waals surface area contributed by atoms with Crippen LogP contribution in [0, 0.1) is 23.1 Å². The average molecular weight is 234 g/mol. The van der Waals surface area contributed by atoms with Crippen LogP contribution in [0.5, 0.6) is 0 Å². The van der Waals surface area contributed by atoms with E-state index in [2.05, 4.69) is 24.8 Å². The predicted octanol–water partition coefficient (Wildman–Crippen LogP) is 3.20. The van der Waals surface area contributed by atoms with E-state index in [0.717, 1.165) is 6.54 Å². The first-order valence-corrected chi connectivity index (χ1v) is 5.96. The fraction of sp³-hybridized carbons (Fsp3) is 0.500. The molecule has 0 aliphatic carbocycles. The lowest BCUT2D eigenvalue weighted by atomic mass is 10.1. The Bertz CT molecular complexity index is 382. The topological polar surface area (TPSA) is 27.0 Å². The molecular formula is C14H19FN2. The van der Waals surface area contributed by atoms with Crippen molar-refractivity contribution < 1.29 is 4.39 Å². The molecule has 0 fully saturated rings. The van der Waals surface area contributed by atoms with Crippen LogP contribution in [0.3, 0.4) is 0 Å². The second-order valence-corrected chi connectivity index (χ2v) is 4.63. The third-order valence-electron chi connectivity index (χ3n) is 2.51. The first-order chi connectivity index (χ1) is 8.13. The summed E-state index contributed by atoms with van der Waals surface area (Å²) in [6, 6.07) is 8.96. The Balaban J connectivity index is 2.65. The zero-order chi connectivity index (χ0) is 12.7. The van der Waals surface area contributed by atoms with Crippen molar-refractivity contribution in [2.24, 2.45) is 5.92 Å². The summed E-state index contributed by atoms with van der Waals surface area (Å²) in [6.45, 7) is 6.41. The van der Waals surface area contributed by atoms with Crippen molar-refractivity contribution in [1.82, 2.24) is 4.90 Å². The van der Waals surface area contributed by atoms with Gasteiger partial charge < -0.3 is 0 Å². The lowest BCUT2D eigenvalue weighted by molar-refractivity contribution is 0.238. The maximum atomic E-state index is 13.5. The molecule has 0 atom stereocenters.